The summed E-state index contributed by atoms with van der Waals surface area (Å²) in [5.74, 6) is 0.847. The number of halogens is 1. The molecule has 1 heterocycles. The van der Waals surface area contributed by atoms with Crippen LogP contribution in [0.25, 0.3) is 0 Å². The number of guanidine groups is 1. The van der Waals surface area contributed by atoms with Crippen molar-refractivity contribution in [2.45, 2.75) is 32.9 Å². The van der Waals surface area contributed by atoms with Crippen LogP contribution in [0.4, 0.5) is 0 Å². The molecule has 0 unspecified atom stereocenters. The second kappa shape index (κ2) is 15.1. The van der Waals surface area contributed by atoms with Gasteiger partial charge in [0, 0.05) is 53.0 Å². The van der Waals surface area contributed by atoms with Gasteiger partial charge in [-0.2, -0.15) is 0 Å². The first-order valence-electron chi connectivity index (χ1n) is 9.72. The van der Waals surface area contributed by atoms with E-state index in [4.69, 9.17) is 9.47 Å². The highest BCUT2D eigenvalue weighted by atomic mass is 127. The van der Waals surface area contributed by atoms with E-state index in [1.807, 2.05) is 14.0 Å². The topological polar surface area (TPSA) is 58.1 Å². The minimum absolute atomic E-state index is 0. The molecule has 1 aliphatic rings. The molecule has 1 aromatic rings. The summed E-state index contributed by atoms with van der Waals surface area (Å²) in [6, 6.07) is 8.77. The molecule has 0 amide bonds. The number of benzene rings is 1. The van der Waals surface area contributed by atoms with Gasteiger partial charge in [-0.05, 0) is 30.9 Å². The van der Waals surface area contributed by atoms with E-state index in [9.17, 15) is 0 Å². The predicted molar refractivity (Wildman–Crippen MR) is 122 cm³/mol. The van der Waals surface area contributed by atoms with Crippen molar-refractivity contribution >= 4 is 29.9 Å². The number of aliphatic imine (C=N–C) groups is 1. The van der Waals surface area contributed by atoms with E-state index in [0.717, 1.165) is 78.0 Å². The van der Waals surface area contributed by atoms with Gasteiger partial charge in [0.15, 0.2) is 5.96 Å². The van der Waals surface area contributed by atoms with Gasteiger partial charge in [-0.25, -0.2) is 0 Å². The molecule has 0 bridgehead atoms. The van der Waals surface area contributed by atoms with E-state index in [0.29, 0.717) is 0 Å². The molecular weight excluding hydrogens is 455 g/mol. The van der Waals surface area contributed by atoms with Crippen LogP contribution >= 0.6 is 24.0 Å². The maximum atomic E-state index is 5.42. The number of nitrogens with one attached hydrogen (secondary N) is 2. The molecule has 2 rings (SSSR count). The van der Waals surface area contributed by atoms with E-state index in [-0.39, 0.29) is 24.0 Å². The highest BCUT2D eigenvalue weighted by Gasteiger charge is 2.10. The zero-order valence-electron chi connectivity index (χ0n) is 16.7. The summed E-state index contributed by atoms with van der Waals surface area (Å²) in [6.07, 6.45) is 2.15. The van der Waals surface area contributed by atoms with Crippen LogP contribution in [0.2, 0.25) is 0 Å². The van der Waals surface area contributed by atoms with Gasteiger partial charge in [-0.1, -0.05) is 24.3 Å². The van der Waals surface area contributed by atoms with Gasteiger partial charge in [0.1, 0.15) is 0 Å². The minimum Gasteiger partial charge on any atom is -0.382 e. The fourth-order valence-electron chi connectivity index (χ4n) is 2.94. The lowest BCUT2D eigenvalue weighted by Crippen LogP contribution is -2.37. The largest absolute Gasteiger partial charge is 0.382 e. The molecule has 1 aromatic carbocycles. The van der Waals surface area contributed by atoms with Gasteiger partial charge < -0.3 is 20.1 Å². The van der Waals surface area contributed by atoms with E-state index < -0.39 is 0 Å². The van der Waals surface area contributed by atoms with Gasteiger partial charge in [0.25, 0.3) is 0 Å². The third-order valence-corrected chi connectivity index (χ3v) is 4.40. The molecule has 27 heavy (non-hydrogen) atoms. The van der Waals surface area contributed by atoms with Crippen molar-refractivity contribution < 1.29 is 9.47 Å². The molecule has 0 aromatic heterocycles. The van der Waals surface area contributed by atoms with Crippen LogP contribution in [0.3, 0.4) is 0 Å². The summed E-state index contributed by atoms with van der Waals surface area (Å²) in [6.45, 7) is 10.0. The van der Waals surface area contributed by atoms with Crippen LogP contribution < -0.4 is 10.6 Å². The Morgan fingerprint density at radius 2 is 1.96 bits per heavy atom. The van der Waals surface area contributed by atoms with Crippen molar-refractivity contribution in [2.75, 3.05) is 53.1 Å². The Labute approximate surface area is 181 Å². The van der Waals surface area contributed by atoms with Crippen LogP contribution in [-0.4, -0.2) is 64.0 Å². The van der Waals surface area contributed by atoms with E-state index >= 15 is 0 Å². The SMILES string of the molecule is CCOCCCCNC(=NC)NCc1cccc(CN2CCOCC2)c1.I. The Balaban J connectivity index is 0.00000364. The van der Waals surface area contributed by atoms with Crippen molar-refractivity contribution in [3.8, 4) is 0 Å². The highest BCUT2D eigenvalue weighted by Crippen LogP contribution is 2.10. The quantitative estimate of drug-likeness (QED) is 0.229. The predicted octanol–water partition coefficient (Wildman–Crippen LogP) is 2.62. The van der Waals surface area contributed by atoms with E-state index in [1.54, 1.807) is 0 Å². The Kier molecular flexibility index (Phi) is 13.5. The fourth-order valence-corrected chi connectivity index (χ4v) is 2.94. The second-order valence-electron chi connectivity index (χ2n) is 6.47. The summed E-state index contributed by atoms with van der Waals surface area (Å²) >= 11 is 0. The normalized spacial score (nSPS) is 15.3. The molecule has 1 aliphatic heterocycles. The molecule has 0 atom stereocenters. The smallest absolute Gasteiger partial charge is 0.191 e. The molecule has 1 fully saturated rings. The van der Waals surface area contributed by atoms with Crippen LogP contribution in [0.15, 0.2) is 29.3 Å². The number of hydrogen-bond acceptors (Lipinski definition) is 4. The van der Waals surface area contributed by atoms with Crippen molar-refractivity contribution in [3.05, 3.63) is 35.4 Å². The molecular formula is C20H35IN4O2. The summed E-state index contributed by atoms with van der Waals surface area (Å²) in [5, 5.41) is 6.75. The average molecular weight is 490 g/mol. The summed E-state index contributed by atoms with van der Waals surface area (Å²) in [7, 11) is 1.81. The summed E-state index contributed by atoms with van der Waals surface area (Å²) in [4.78, 5) is 6.74. The Bertz CT molecular complexity index is 536. The molecule has 154 valence electrons. The number of morpholine rings is 1. The first-order chi connectivity index (χ1) is 12.8. The number of hydrogen-bond donors (Lipinski definition) is 2. The molecule has 6 nitrogen and oxygen atoms in total. The van der Waals surface area contributed by atoms with Crippen LogP contribution in [0, 0.1) is 0 Å². The standard InChI is InChI=1S/C20H34N4O2.HI/c1-3-25-12-5-4-9-22-20(21-2)23-16-18-7-6-8-19(15-18)17-24-10-13-26-14-11-24;/h6-8,15H,3-5,9-14,16-17H2,1-2H3,(H2,21,22,23);1H. The minimum atomic E-state index is 0. The molecule has 1 saturated heterocycles. The first kappa shape index (κ1) is 24.1. The van der Waals surface area contributed by atoms with E-state index in [2.05, 4.69) is 44.8 Å². The fraction of sp³-hybridized carbons (Fsp3) is 0.650. The van der Waals surface area contributed by atoms with Crippen molar-refractivity contribution in [1.82, 2.24) is 15.5 Å². The van der Waals surface area contributed by atoms with Gasteiger partial charge in [-0.3, -0.25) is 9.89 Å². The Morgan fingerprint density at radius 1 is 1.19 bits per heavy atom. The lowest BCUT2D eigenvalue weighted by atomic mass is 10.1. The van der Waals surface area contributed by atoms with Gasteiger partial charge in [0.2, 0.25) is 0 Å². The number of rotatable bonds is 10. The molecule has 0 aliphatic carbocycles. The van der Waals surface area contributed by atoms with Gasteiger partial charge >= 0.3 is 0 Å². The zero-order chi connectivity index (χ0) is 18.5. The monoisotopic (exact) mass is 490 g/mol. The molecule has 0 radical (unpaired) electrons. The number of ether oxygens (including phenoxy) is 2. The first-order valence-corrected chi connectivity index (χ1v) is 9.72. The maximum absolute atomic E-state index is 5.42. The van der Waals surface area contributed by atoms with E-state index in [1.165, 1.54) is 11.1 Å². The second-order valence-corrected chi connectivity index (χ2v) is 6.47. The lowest BCUT2D eigenvalue weighted by Gasteiger charge is -2.26. The number of unbranched alkanes of at least 4 members (excludes halogenated alkanes) is 1. The summed E-state index contributed by atoms with van der Waals surface area (Å²) in [5.41, 5.74) is 2.63. The van der Waals surface area contributed by atoms with Crippen LogP contribution in [0.1, 0.15) is 30.9 Å². The van der Waals surface area contributed by atoms with Crippen LogP contribution in [-0.2, 0) is 22.6 Å². The lowest BCUT2D eigenvalue weighted by molar-refractivity contribution is 0.0342. The van der Waals surface area contributed by atoms with Crippen molar-refractivity contribution in [3.63, 3.8) is 0 Å². The third-order valence-electron chi connectivity index (χ3n) is 4.40. The van der Waals surface area contributed by atoms with Crippen molar-refractivity contribution in [1.29, 1.82) is 0 Å². The molecule has 0 saturated carbocycles. The highest BCUT2D eigenvalue weighted by molar-refractivity contribution is 14.0. The Hall–Kier alpha value is -0.900. The molecule has 0 spiro atoms. The Morgan fingerprint density at radius 3 is 2.70 bits per heavy atom. The van der Waals surface area contributed by atoms with Crippen molar-refractivity contribution in [2.24, 2.45) is 4.99 Å². The van der Waals surface area contributed by atoms with Gasteiger partial charge in [0.05, 0.1) is 13.2 Å². The maximum Gasteiger partial charge on any atom is 0.191 e. The average Bonchev–Trinajstić information content (AvgIpc) is 2.68. The van der Waals surface area contributed by atoms with Crippen LogP contribution in [0.5, 0.6) is 0 Å². The zero-order valence-corrected chi connectivity index (χ0v) is 19.0. The summed E-state index contributed by atoms with van der Waals surface area (Å²) < 4.78 is 10.8. The third kappa shape index (κ3) is 10.3. The molecule has 2 N–H and O–H groups in total. The van der Waals surface area contributed by atoms with Gasteiger partial charge in [-0.15, -0.1) is 24.0 Å². The number of nitrogens with zero attached hydrogens (tertiary/aromatic N) is 2. The molecule has 7 heteroatoms.